The van der Waals surface area contributed by atoms with Gasteiger partial charge in [0.1, 0.15) is 16.7 Å². The average Bonchev–Trinajstić information content (AvgIpc) is 3.46. The van der Waals surface area contributed by atoms with E-state index in [1.807, 2.05) is 35.0 Å². The highest BCUT2D eigenvalue weighted by Gasteiger charge is 2.29. The van der Waals surface area contributed by atoms with E-state index in [0.717, 1.165) is 42.5 Å². The summed E-state index contributed by atoms with van der Waals surface area (Å²) in [5, 5.41) is 36.4. The SMILES string of the molecule is CC(C)(O)c1cn(Cc2ccc(Nc3nn(C4CCCCC4C#N)c4cc[nH]c(=O)c34)cc2)nn1. The van der Waals surface area contributed by atoms with Crippen LogP contribution in [0.25, 0.3) is 10.9 Å². The molecule has 1 aliphatic carbocycles. The minimum Gasteiger partial charge on any atom is -0.384 e. The van der Waals surface area contributed by atoms with Gasteiger partial charge in [0.2, 0.25) is 0 Å². The average molecular weight is 473 g/mol. The van der Waals surface area contributed by atoms with Gasteiger partial charge in [0.05, 0.1) is 36.3 Å². The summed E-state index contributed by atoms with van der Waals surface area (Å²) in [6.45, 7) is 3.86. The molecule has 1 aliphatic rings. The normalized spacial score (nSPS) is 18.5. The zero-order valence-corrected chi connectivity index (χ0v) is 19.8. The van der Waals surface area contributed by atoms with Crippen molar-refractivity contribution in [3.8, 4) is 6.07 Å². The second kappa shape index (κ2) is 9.00. The fourth-order valence-corrected chi connectivity index (χ4v) is 4.67. The summed E-state index contributed by atoms with van der Waals surface area (Å²) in [6.07, 6.45) is 7.16. The molecule has 1 fully saturated rings. The molecule has 0 aliphatic heterocycles. The molecule has 10 nitrogen and oxygen atoms in total. The Kier molecular flexibility index (Phi) is 5.86. The summed E-state index contributed by atoms with van der Waals surface area (Å²) in [5.74, 6) is 0.356. The Balaban J connectivity index is 1.40. The number of anilines is 2. The zero-order valence-electron chi connectivity index (χ0n) is 19.8. The summed E-state index contributed by atoms with van der Waals surface area (Å²) < 4.78 is 3.54. The first-order valence-corrected chi connectivity index (χ1v) is 11.8. The lowest BCUT2D eigenvalue weighted by molar-refractivity contribution is 0.0737. The van der Waals surface area contributed by atoms with Gasteiger partial charge in [-0.25, -0.2) is 4.68 Å². The standard InChI is InChI=1S/C25H28N8O2/c1-25(2,35)21-15-32(31-29-21)14-16-7-9-18(10-8-16)28-23-22-20(11-12-27-24(22)34)33(30-23)19-6-4-3-5-17(19)13-26/h7-12,15,17,19,35H,3-6,14H2,1-2H3,(H,27,34)(H,28,30). The first-order chi connectivity index (χ1) is 16.8. The molecule has 35 heavy (non-hydrogen) atoms. The first kappa shape index (κ1) is 22.8. The maximum absolute atomic E-state index is 12.7. The van der Waals surface area contributed by atoms with Crippen LogP contribution in [0.5, 0.6) is 0 Å². The minimum atomic E-state index is -1.04. The van der Waals surface area contributed by atoms with Crippen molar-refractivity contribution in [1.29, 1.82) is 5.26 Å². The lowest BCUT2D eigenvalue weighted by Gasteiger charge is -2.27. The molecule has 2 unspecified atom stereocenters. The van der Waals surface area contributed by atoms with Gasteiger partial charge >= 0.3 is 0 Å². The number of rotatable bonds is 6. The summed E-state index contributed by atoms with van der Waals surface area (Å²) in [7, 11) is 0. The molecule has 5 rings (SSSR count). The number of nitrogens with one attached hydrogen (secondary N) is 2. The third-order valence-electron chi connectivity index (χ3n) is 6.57. The van der Waals surface area contributed by atoms with Gasteiger partial charge in [-0.15, -0.1) is 5.10 Å². The Morgan fingerprint density at radius 3 is 2.71 bits per heavy atom. The van der Waals surface area contributed by atoms with Crippen LogP contribution in [0.3, 0.4) is 0 Å². The summed E-state index contributed by atoms with van der Waals surface area (Å²) >= 11 is 0. The molecule has 0 bridgehead atoms. The van der Waals surface area contributed by atoms with Crippen molar-refractivity contribution >= 4 is 22.4 Å². The number of H-pyrrole nitrogens is 1. The van der Waals surface area contributed by atoms with E-state index in [1.165, 1.54) is 0 Å². The molecule has 2 atom stereocenters. The molecule has 4 aromatic rings. The van der Waals surface area contributed by atoms with Crippen LogP contribution < -0.4 is 10.9 Å². The van der Waals surface area contributed by atoms with Crippen molar-refractivity contribution in [2.24, 2.45) is 5.92 Å². The molecule has 3 N–H and O–H groups in total. The minimum absolute atomic E-state index is 0.0487. The van der Waals surface area contributed by atoms with E-state index in [0.29, 0.717) is 23.4 Å². The Hall–Kier alpha value is -3.97. The van der Waals surface area contributed by atoms with Crippen LogP contribution in [0.15, 0.2) is 47.5 Å². The van der Waals surface area contributed by atoms with E-state index in [9.17, 15) is 15.2 Å². The molecule has 0 saturated heterocycles. The zero-order chi connectivity index (χ0) is 24.6. The Labute approximate surface area is 202 Å². The van der Waals surface area contributed by atoms with Crippen molar-refractivity contribution in [2.45, 2.75) is 57.7 Å². The molecular formula is C25H28N8O2. The van der Waals surface area contributed by atoms with Gasteiger partial charge in [0.15, 0.2) is 5.82 Å². The highest BCUT2D eigenvalue weighted by Crippen LogP contribution is 2.36. The van der Waals surface area contributed by atoms with E-state index >= 15 is 0 Å². The molecule has 180 valence electrons. The van der Waals surface area contributed by atoms with Crippen LogP contribution in [0, 0.1) is 17.2 Å². The van der Waals surface area contributed by atoms with Crippen LogP contribution in [0.2, 0.25) is 0 Å². The number of benzene rings is 1. The largest absolute Gasteiger partial charge is 0.384 e. The van der Waals surface area contributed by atoms with Crippen LogP contribution in [-0.2, 0) is 12.1 Å². The summed E-state index contributed by atoms with van der Waals surface area (Å²) in [6, 6.07) is 12.0. The van der Waals surface area contributed by atoms with Crippen molar-refractivity contribution in [2.75, 3.05) is 5.32 Å². The molecule has 0 radical (unpaired) electrons. The van der Waals surface area contributed by atoms with Gasteiger partial charge in [0, 0.05) is 11.9 Å². The van der Waals surface area contributed by atoms with Gasteiger partial charge in [-0.2, -0.15) is 10.4 Å². The van der Waals surface area contributed by atoms with Gasteiger partial charge in [-0.05, 0) is 50.5 Å². The monoisotopic (exact) mass is 472 g/mol. The molecule has 10 heteroatoms. The number of hydrogen-bond donors (Lipinski definition) is 3. The third kappa shape index (κ3) is 4.55. The van der Waals surface area contributed by atoms with Crippen molar-refractivity contribution < 1.29 is 5.11 Å². The maximum Gasteiger partial charge on any atom is 0.261 e. The Bertz CT molecular complexity index is 1440. The quantitative estimate of drug-likeness (QED) is 0.390. The Morgan fingerprint density at radius 1 is 1.23 bits per heavy atom. The van der Waals surface area contributed by atoms with Crippen LogP contribution >= 0.6 is 0 Å². The molecule has 3 heterocycles. The molecule has 0 spiro atoms. The number of hydrogen-bond acceptors (Lipinski definition) is 7. The Morgan fingerprint density at radius 2 is 2.00 bits per heavy atom. The van der Waals surface area contributed by atoms with E-state index in [-0.39, 0.29) is 17.5 Å². The van der Waals surface area contributed by atoms with Gasteiger partial charge < -0.3 is 15.4 Å². The number of aromatic amines is 1. The molecule has 0 amide bonds. The molecular weight excluding hydrogens is 444 g/mol. The fourth-order valence-electron chi connectivity index (χ4n) is 4.67. The highest BCUT2D eigenvalue weighted by atomic mass is 16.3. The van der Waals surface area contributed by atoms with Gasteiger partial charge in [-0.1, -0.05) is 30.2 Å². The first-order valence-electron chi connectivity index (χ1n) is 11.8. The second-order valence-electron chi connectivity index (χ2n) is 9.63. The van der Waals surface area contributed by atoms with E-state index < -0.39 is 5.60 Å². The molecule has 1 saturated carbocycles. The van der Waals surface area contributed by atoms with Gasteiger partial charge in [0.25, 0.3) is 5.56 Å². The van der Waals surface area contributed by atoms with Crippen LogP contribution in [0.1, 0.15) is 56.8 Å². The fraction of sp³-hybridized carbons (Fsp3) is 0.400. The number of aliphatic hydroxyl groups is 1. The smallest absolute Gasteiger partial charge is 0.261 e. The van der Waals surface area contributed by atoms with Crippen LogP contribution in [-0.4, -0.2) is 34.9 Å². The van der Waals surface area contributed by atoms with Crippen molar-refractivity contribution in [3.05, 3.63) is 64.3 Å². The predicted octanol–water partition coefficient (Wildman–Crippen LogP) is 3.59. The number of fused-ring (bicyclic) bond motifs is 1. The number of pyridine rings is 1. The summed E-state index contributed by atoms with van der Waals surface area (Å²) in [4.78, 5) is 15.5. The lowest BCUT2D eigenvalue weighted by atomic mass is 9.85. The third-order valence-corrected chi connectivity index (χ3v) is 6.57. The molecule has 1 aromatic carbocycles. The van der Waals surface area contributed by atoms with E-state index in [1.54, 1.807) is 30.9 Å². The number of aromatic nitrogens is 6. The van der Waals surface area contributed by atoms with Gasteiger partial charge in [-0.3, -0.25) is 9.48 Å². The van der Waals surface area contributed by atoms with Crippen molar-refractivity contribution in [3.63, 3.8) is 0 Å². The molecule has 3 aromatic heterocycles. The van der Waals surface area contributed by atoms with Crippen molar-refractivity contribution in [1.82, 2.24) is 29.8 Å². The maximum atomic E-state index is 12.7. The van der Waals surface area contributed by atoms with Crippen LogP contribution in [0.4, 0.5) is 11.5 Å². The number of nitriles is 1. The summed E-state index contributed by atoms with van der Waals surface area (Å²) in [5.41, 5.74) is 1.79. The number of nitrogens with zero attached hydrogens (tertiary/aromatic N) is 6. The lowest BCUT2D eigenvalue weighted by Crippen LogP contribution is -2.23. The van der Waals surface area contributed by atoms with E-state index in [2.05, 4.69) is 26.7 Å². The predicted molar refractivity (Wildman–Crippen MR) is 131 cm³/mol. The van der Waals surface area contributed by atoms with E-state index in [4.69, 9.17) is 5.10 Å². The highest BCUT2D eigenvalue weighted by molar-refractivity contribution is 5.91. The second-order valence-corrected chi connectivity index (χ2v) is 9.63. The topological polar surface area (TPSA) is 137 Å².